The van der Waals surface area contributed by atoms with E-state index in [1.807, 2.05) is 12.1 Å². The molecule has 0 aromatic heterocycles. The van der Waals surface area contributed by atoms with Crippen LogP contribution in [-0.4, -0.2) is 55.3 Å². The molecule has 8 nitrogen and oxygen atoms in total. The molecule has 3 saturated heterocycles. The number of anilines is 1. The van der Waals surface area contributed by atoms with Crippen molar-refractivity contribution in [2.24, 2.45) is 0 Å². The van der Waals surface area contributed by atoms with Crippen molar-refractivity contribution in [3.8, 4) is 5.75 Å². The van der Waals surface area contributed by atoms with Crippen molar-refractivity contribution in [3.63, 3.8) is 0 Å². The predicted octanol–water partition coefficient (Wildman–Crippen LogP) is 2.03. The van der Waals surface area contributed by atoms with Crippen LogP contribution >= 0.6 is 0 Å². The molecule has 3 aliphatic rings. The zero-order valence-corrected chi connectivity index (χ0v) is 16.1. The van der Waals surface area contributed by atoms with Crippen LogP contribution in [0.5, 0.6) is 5.75 Å². The summed E-state index contributed by atoms with van der Waals surface area (Å²) in [4.78, 5) is 13.0. The van der Waals surface area contributed by atoms with E-state index in [4.69, 9.17) is 28.4 Å². The topological polar surface area (TPSA) is 84.5 Å². The molecule has 0 spiro atoms. The first-order valence-electron chi connectivity index (χ1n) is 9.00. The maximum atomic E-state index is 13.0. The molecule has 3 aliphatic heterocycles. The molecule has 148 valence electrons. The van der Waals surface area contributed by atoms with E-state index >= 15 is 0 Å². The summed E-state index contributed by atoms with van der Waals surface area (Å²) in [5.74, 6) is -1.49. The van der Waals surface area contributed by atoms with Crippen LogP contribution in [-0.2, 0) is 28.5 Å². The Balaban J connectivity index is 1.59. The van der Waals surface area contributed by atoms with Gasteiger partial charge in [-0.1, -0.05) is 12.1 Å². The summed E-state index contributed by atoms with van der Waals surface area (Å²) >= 11 is 0. The Kier molecular flexibility index (Phi) is 4.44. The molecule has 3 fully saturated rings. The lowest BCUT2D eigenvalue weighted by molar-refractivity contribution is -0.229. The maximum absolute atomic E-state index is 13.0. The number of rotatable bonds is 3. The van der Waals surface area contributed by atoms with Crippen molar-refractivity contribution >= 4 is 11.6 Å². The lowest BCUT2D eigenvalue weighted by Gasteiger charge is -2.36. The Hall–Kier alpha value is -1.71. The Labute approximate surface area is 158 Å². The van der Waals surface area contributed by atoms with Crippen LogP contribution in [0.3, 0.4) is 0 Å². The minimum absolute atomic E-state index is 0.359. The fourth-order valence-corrected chi connectivity index (χ4v) is 3.78. The van der Waals surface area contributed by atoms with Crippen molar-refractivity contribution in [1.82, 2.24) is 0 Å². The predicted molar refractivity (Wildman–Crippen MR) is 94.1 cm³/mol. The van der Waals surface area contributed by atoms with E-state index in [1.54, 1.807) is 46.9 Å². The highest BCUT2D eigenvalue weighted by Gasteiger charge is 2.62. The normalized spacial score (nSPS) is 36.0. The first-order chi connectivity index (χ1) is 12.7. The summed E-state index contributed by atoms with van der Waals surface area (Å²) < 4.78 is 35.0. The summed E-state index contributed by atoms with van der Waals surface area (Å²) in [5, 5.41) is 2.85. The Morgan fingerprint density at radius 3 is 2.33 bits per heavy atom. The number of ether oxygens (including phenoxy) is 6. The van der Waals surface area contributed by atoms with Gasteiger partial charge in [-0.25, -0.2) is 0 Å². The quantitative estimate of drug-likeness (QED) is 0.860. The van der Waals surface area contributed by atoms with E-state index in [1.165, 1.54) is 0 Å². The summed E-state index contributed by atoms with van der Waals surface area (Å²) in [6, 6.07) is 7.17. The van der Waals surface area contributed by atoms with Crippen molar-refractivity contribution < 1.29 is 33.2 Å². The van der Waals surface area contributed by atoms with Crippen LogP contribution in [0.4, 0.5) is 5.69 Å². The van der Waals surface area contributed by atoms with Gasteiger partial charge in [0.05, 0.1) is 12.8 Å². The van der Waals surface area contributed by atoms with Gasteiger partial charge in [0, 0.05) is 0 Å². The maximum Gasteiger partial charge on any atom is 0.256 e. The van der Waals surface area contributed by atoms with Gasteiger partial charge in [0.2, 0.25) is 0 Å². The smallest absolute Gasteiger partial charge is 0.256 e. The molecule has 1 aromatic carbocycles. The second-order valence-corrected chi connectivity index (χ2v) is 7.78. The van der Waals surface area contributed by atoms with E-state index in [2.05, 4.69) is 5.32 Å². The molecule has 0 unspecified atom stereocenters. The number of para-hydroxylation sites is 2. The summed E-state index contributed by atoms with van der Waals surface area (Å²) in [5.41, 5.74) is 0.550. The molecule has 0 aliphatic carbocycles. The number of carbonyl (C=O) groups is 1. The molecule has 0 radical (unpaired) electrons. The van der Waals surface area contributed by atoms with E-state index in [-0.39, 0.29) is 5.91 Å². The SMILES string of the molecule is COc1ccccc1NC(=O)[C@@H]1O[C@H]2OC(C)(C)O[C@H]2[C@@H]2OC(C)(C)O[C@@H]21. The highest BCUT2D eigenvalue weighted by atomic mass is 16.9. The number of hydrogen-bond donors (Lipinski definition) is 1. The summed E-state index contributed by atoms with van der Waals surface area (Å²) in [7, 11) is 1.55. The fraction of sp³-hybridized carbons (Fsp3) is 0.632. The van der Waals surface area contributed by atoms with Gasteiger partial charge in [-0.05, 0) is 39.8 Å². The molecular formula is C19H25NO7. The average Bonchev–Trinajstić information content (AvgIpc) is 3.08. The first kappa shape index (κ1) is 18.6. The van der Waals surface area contributed by atoms with E-state index in [0.717, 1.165) is 0 Å². The number of methoxy groups -OCH3 is 1. The monoisotopic (exact) mass is 379 g/mol. The third kappa shape index (κ3) is 3.43. The molecule has 4 rings (SSSR count). The van der Waals surface area contributed by atoms with Crippen LogP contribution in [0.1, 0.15) is 27.7 Å². The van der Waals surface area contributed by atoms with Gasteiger partial charge in [-0.15, -0.1) is 0 Å². The van der Waals surface area contributed by atoms with Gasteiger partial charge in [-0.3, -0.25) is 4.79 Å². The summed E-state index contributed by atoms with van der Waals surface area (Å²) in [6.07, 6.45) is -3.20. The van der Waals surface area contributed by atoms with Crippen LogP contribution < -0.4 is 10.1 Å². The van der Waals surface area contributed by atoms with Crippen LogP contribution in [0.25, 0.3) is 0 Å². The summed E-state index contributed by atoms with van der Waals surface area (Å²) in [6.45, 7) is 7.20. The van der Waals surface area contributed by atoms with Gasteiger partial charge in [0.25, 0.3) is 5.91 Å². The third-order valence-corrected chi connectivity index (χ3v) is 4.78. The number of nitrogens with one attached hydrogen (secondary N) is 1. The molecule has 1 amide bonds. The van der Waals surface area contributed by atoms with Crippen molar-refractivity contribution in [2.75, 3.05) is 12.4 Å². The number of hydrogen-bond acceptors (Lipinski definition) is 7. The Morgan fingerprint density at radius 1 is 0.963 bits per heavy atom. The van der Waals surface area contributed by atoms with Gasteiger partial charge < -0.3 is 33.7 Å². The van der Waals surface area contributed by atoms with Crippen molar-refractivity contribution in [1.29, 1.82) is 0 Å². The number of carbonyl (C=O) groups excluding carboxylic acids is 1. The van der Waals surface area contributed by atoms with Gasteiger partial charge in [-0.2, -0.15) is 0 Å². The molecule has 3 heterocycles. The molecule has 5 atom stereocenters. The number of amides is 1. The molecular weight excluding hydrogens is 354 g/mol. The number of fused-ring (bicyclic) bond motifs is 3. The van der Waals surface area contributed by atoms with Crippen LogP contribution in [0.2, 0.25) is 0 Å². The van der Waals surface area contributed by atoms with Gasteiger partial charge in [0.1, 0.15) is 24.1 Å². The Bertz CT molecular complexity index is 735. The third-order valence-electron chi connectivity index (χ3n) is 4.78. The molecule has 8 heteroatoms. The van der Waals surface area contributed by atoms with E-state index in [0.29, 0.717) is 11.4 Å². The van der Waals surface area contributed by atoms with E-state index < -0.39 is 42.3 Å². The zero-order valence-electron chi connectivity index (χ0n) is 16.1. The molecule has 1 aromatic rings. The Morgan fingerprint density at radius 2 is 1.59 bits per heavy atom. The highest BCUT2D eigenvalue weighted by molar-refractivity contribution is 5.96. The number of benzene rings is 1. The second-order valence-electron chi connectivity index (χ2n) is 7.78. The van der Waals surface area contributed by atoms with Gasteiger partial charge >= 0.3 is 0 Å². The lowest BCUT2D eigenvalue weighted by Crippen LogP contribution is -2.58. The fourth-order valence-electron chi connectivity index (χ4n) is 3.78. The average molecular weight is 379 g/mol. The van der Waals surface area contributed by atoms with E-state index in [9.17, 15) is 4.79 Å². The first-order valence-corrected chi connectivity index (χ1v) is 9.00. The van der Waals surface area contributed by atoms with Crippen LogP contribution in [0, 0.1) is 0 Å². The zero-order chi connectivity index (χ0) is 19.4. The van der Waals surface area contributed by atoms with Crippen molar-refractivity contribution in [3.05, 3.63) is 24.3 Å². The lowest BCUT2D eigenvalue weighted by atomic mass is 9.98. The van der Waals surface area contributed by atoms with Gasteiger partial charge in [0.15, 0.2) is 24.0 Å². The molecule has 0 bridgehead atoms. The molecule has 0 saturated carbocycles. The van der Waals surface area contributed by atoms with Crippen LogP contribution in [0.15, 0.2) is 24.3 Å². The second kappa shape index (κ2) is 6.42. The largest absolute Gasteiger partial charge is 0.495 e. The standard InChI is InChI=1S/C19H25NO7/c1-18(2)24-12-13(25-18)15-17(27-19(3,4)26-15)23-14(12)16(21)20-10-8-6-7-9-11(10)22-5/h6-9,12-15,17H,1-5H3,(H,20,21)/t12-,13+,14+,15-,17-/m0/s1. The minimum atomic E-state index is -0.916. The molecule has 27 heavy (non-hydrogen) atoms. The molecule has 1 N–H and O–H groups in total. The van der Waals surface area contributed by atoms with Crippen molar-refractivity contribution in [2.45, 2.75) is 70.0 Å². The minimum Gasteiger partial charge on any atom is -0.495 e. The highest BCUT2D eigenvalue weighted by Crippen LogP contribution is 2.44.